The van der Waals surface area contributed by atoms with Gasteiger partial charge in [0.1, 0.15) is 11.6 Å². The van der Waals surface area contributed by atoms with Gasteiger partial charge < -0.3 is 10.6 Å². The number of nitrogens with one attached hydrogen (secondary N) is 2. The standard InChI is InChI=1S/C16H16F2N2O/c1-9-7-13(18)15(8-12(9)17)20-16(21)11-4-5-14(19-3)10(2)6-11/h4-8,19H,1-3H3,(H,20,21). The number of benzene rings is 2. The van der Waals surface area contributed by atoms with Crippen molar-refractivity contribution in [3.8, 4) is 0 Å². The first-order chi connectivity index (χ1) is 9.92. The number of amides is 1. The minimum absolute atomic E-state index is 0.168. The van der Waals surface area contributed by atoms with Gasteiger partial charge in [-0.2, -0.15) is 0 Å². The lowest BCUT2D eigenvalue weighted by Crippen LogP contribution is -2.14. The fraction of sp³-hybridized carbons (Fsp3) is 0.188. The van der Waals surface area contributed by atoms with Crippen LogP contribution in [0.15, 0.2) is 30.3 Å². The molecule has 0 radical (unpaired) electrons. The van der Waals surface area contributed by atoms with E-state index in [1.807, 2.05) is 6.92 Å². The Kier molecular flexibility index (Phi) is 4.21. The molecule has 0 fully saturated rings. The highest BCUT2D eigenvalue weighted by Crippen LogP contribution is 2.21. The van der Waals surface area contributed by atoms with Gasteiger partial charge in [0.05, 0.1) is 5.69 Å². The van der Waals surface area contributed by atoms with Crippen molar-refractivity contribution in [2.45, 2.75) is 13.8 Å². The molecule has 0 saturated carbocycles. The van der Waals surface area contributed by atoms with Gasteiger partial charge in [0, 0.05) is 24.4 Å². The summed E-state index contributed by atoms with van der Waals surface area (Å²) in [5.74, 6) is -1.71. The Balaban J connectivity index is 2.26. The van der Waals surface area contributed by atoms with Crippen LogP contribution in [0.25, 0.3) is 0 Å². The number of anilines is 2. The maximum atomic E-state index is 13.7. The van der Waals surface area contributed by atoms with Crippen LogP contribution in [0.1, 0.15) is 21.5 Å². The second-order valence-corrected chi connectivity index (χ2v) is 4.82. The van der Waals surface area contributed by atoms with E-state index in [-0.39, 0.29) is 11.3 Å². The predicted molar refractivity (Wildman–Crippen MR) is 79.8 cm³/mol. The maximum absolute atomic E-state index is 13.7. The molecule has 2 rings (SSSR count). The largest absolute Gasteiger partial charge is 0.388 e. The zero-order valence-electron chi connectivity index (χ0n) is 12.1. The van der Waals surface area contributed by atoms with Crippen LogP contribution in [-0.4, -0.2) is 13.0 Å². The van der Waals surface area contributed by atoms with Crippen molar-refractivity contribution in [1.82, 2.24) is 0 Å². The van der Waals surface area contributed by atoms with Crippen LogP contribution in [0.2, 0.25) is 0 Å². The quantitative estimate of drug-likeness (QED) is 0.900. The molecule has 0 atom stereocenters. The predicted octanol–water partition coefficient (Wildman–Crippen LogP) is 3.88. The van der Waals surface area contributed by atoms with E-state index in [0.29, 0.717) is 5.56 Å². The van der Waals surface area contributed by atoms with Gasteiger partial charge in [-0.25, -0.2) is 8.78 Å². The molecule has 110 valence electrons. The van der Waals surface area contributed by atoms with Gasteiger partial charge in [-0.1, -0.05) is 0 Å². The van der Waals surface area contributed by atoms with Gasteiger partial charge in [0.25, 0.3) is 5.91 Å². The zero-order chi connectivity index (χ0) is 15.6. The Morgan fingerprint density at radius 3 is 2.29 bits per heavy atom. The fourth-order valence-corrected chi connectivity index (χ4v) is 2.02. The lowest BCUT2D eigenvalue weighted by atomic mass is 10.1. The summed E-state index contributed by atoms with van der Waals surface area (Å²) in [5.41, 5.74) is 2.20. The van der Waals surface area contributed by atoms with Crippen LogP contribution in [0.3, 0.4) is 0 Å². The molecule has 0 saturated heterocycles. The van der Waals surface area contributed by atoms with E-state index in [4.69, 9.17) is 0 Å². The van der Waals surface area contributed by atoms with Crippen molar-refractivity contribution in [2.24, 2.45) is 0 Å². The smallest absolute Gasteiger partial charge is 0.255 e. The summed E-state index contributed by atoms with van der Waals surface area (Å²) in [6, 6.07) is 7.11. The van der Waals surface area contributed by atoms with Crippen LogP contribution in [0.5, 0.6) is 0 Å². The second kappa shape index (κ2) is 5.91. The summed E-state index contributed by atoms with van der Waals surface area (Å²) in [6.45, 7) is 3.32. The third-order valence-corrected chi connectivity index (χ3v) is 3.25. The molecule has 0 aliphatic carbocycles. The molecule has 0 spiro atoms. The highest BCUT2D eigenvalue weighted by Gasteiger charge is 2.12. The zero-order valence-corrected chi connectivity index (χ0v) is 12.1. The third-order valence-electron chi connectivity index (χ3n) is 3.25. The highest BCUT2D eigenvalue weighted by atomic mass is 19.1. The normalized spacial score (nSPS) is 10.3. The van der Waals surface area contributed by atoms with Gasteiger partial charge in [-0.15, -0.1) is 0 Å². The number of carbonyl (C=O) groups is 1. The average molecular weight is 290 g/mol. The van der Waals surface area contributed by atoms with E-state index in [1.165, 1.54) is 6.92 Å². The lowest BCUT2D eigenvalue weighted by molar-refractivity contribution is 0.102. The molecule has 0 aliphatic rings. The number of halogens is 2. The van der Waals surface area contributed by atoms with E-state index < -0.39 is 17.5 Å². The van der Waals surface area contributed by atoms with Crippen molar-refractivity contribution >= 4 is 17.3 Å². The monoisotopic (exact) mass is 290 g/mol. The Morgan fingerprint density at radius 1 is 0.952 bits per heavy atom. The molecular formula is C16H16F2N2O. The van der Waals surface area contributed by atoms with E-state index in [0.717, 1.165) is 23.4 Å². The molecule has 0 bridgehead atoms. The molecular weight excluding hydrogens is 274 g/mol. The first kappa shape index (κ1) is 15.0. The van der Waals surface area contributed by atoms with Gasteiger partial charge >= 0.3 is 0 Å². The van der Waals surface area contributed by atoms with Gasteiger partial charge in [0.15, 0.2) is 0 Å². The molecule has 5 heteroatoms. The Labute approximate surface area is 122 Å². The van der Waals surface area contributed by atoms with E-state index in [1.54, 1.807) is 25.2 Å². The first-order valence-electron chi connectivity index (χ1n) is 6.47. The van der Waals surface area contributed by atoms with Gasteiger partial charge in [-0.3, -0.25) is 4.79 Å². The third kappa shape index (κ3) is 3.18. The number of hydrogen-bond donors (Lipinski definition) is 2. The molecule has 2 aromatic carbocycles. The van der Waals surface area contributed by atoms with Crippen molar-refractivity contribution in [1.29, 1.82) is 0 Å². The van der Waals surface area contributed by atoms with Crippen LogP contribution >= 0.6 is 0 Å². The molecule has 21 heavy (non-hydrogen) atoms. The van der Waals surface area contributed by atoms with Crippen LogP contribution in [0, 0.1) is 25.5 Å². The molecule has 0 aromatic heterocycles. The van der Waals surface area contributed by atoms with E-state index in [9.17, 15) is 13.6 Å². The van der Waals surface area contributed by atoms with Gasteiger partial charge in [-0.05, 0) is 49.2 Å². The summed E-state index contributed by atoms with van der Waals surface area (Å²) < 4.78 is 27.2. The van der Waals surface area contributed by atoms with Crippen LogP contribution in [-0.2, 0) is 0 Å². The Morgan fingerprint density at radius 2 is 1.67 bits per heavy atom. The molecule has 0 heterocycles. The van der Waals surface area contributed by atoms with Crippen molar-refractivity contribution in [3.05, 3.63) is 58.7 Å². The summed E-state index contributed by atoms with van der Waals surface area (Å²) >= 11 is 0. The average Bonchev–Trinajstić information content (AvgIpc) is 2.44. The summed E-state index contributed by atoms with van der Waals surface area (Å²) in [6.07, 6.45) is 0. The van der Waals surface area contributed by atoms with Crippen LogP contribution in [0.4, 0.5) is 20.2 Å². The Bertz CT molecular complexity index is 699. The van der Waals surface area contributed by atoms with Crippen molar-refractivity contribution in [2.75, 3.05) is 17.7 Å². The van der Waals surface area contributed by atoms with Crippen molar-refractivity contribution in [3.63, 3.8) is 0 Å². The molecule has 3 nitrogen and oxygen atoms in total. The van der Waals surface area contributed by atoms with Crippen molar-refractivity contribution < 1.29 is 13.6 Å². The molecule has 2 N–H and O–H groups in total. The first-order valence-corrected chi connectivity index (χ1v) is 6.47. The fourth-order valence-electron chi connectivity index (χ4n) is 2.02. The van der Waals surface area contributed by atoms with E-state index in [2.05, 4.69) is 10.6 Å². The SMILES string of the molecule is CNc1ccc(C(=O)Nc2cc(F)c(C)cc2F)cc1C. The van der Waals surface area contributed by atoms with Gasteiger partial charge in [0.2, 0.25) is 0 Å². The summed E-state index contributed by atoms with van der Waals surface area (Å²) in [7, 11) is 1.78. The highest BCUT2D eigenvalue weighted by molar-refractivity contribution is 6.04. The Hall–Kier alpha value is -2.43. The molecule has 0 aliphatic heterocycles. The second-order valence-electron chi connectivity index (χ2n) is 4.82. The summed E-state index contributed by atoms with van der Waals surface area (Å²) in [4.78, 5) is 12.1. The number of carbonyl (C=O) groups excluding carboxylic acids is 1. The number of rotatable bonds is 3. The molecule has 2 aromatic rings. The molecule has 1 amide bonds. The number of aryl methyl sites for hydroxylation is 2. The maximum Gasteiger partial charge on any atom is 0.255 e. The van der Waals surface area contributed by atoms with Crippen LogP contribution < -0.4 is 10.6 Å². The topological polar surface area (TPSA) is 41.1 Å². The summed E-state index contributed by atoms with van der Waals surface area (Å²) in [5, 5.41) is 5.38. The minimum Gasteiger partial charge on any atom is -0.388 e. The lowest BCUT2D eigenvalue weighted by Gasteiger charge is -2.10. The number of hydrogen-bond acceptors (Lipinski definition) is 2. The van der Waals surface area contributed by atoms with E-state index >= 15 is 0 Å². The minimum atomic E-state index is -0.661. The molecule has 0 unspecified atom stereocenters.